The van der Waals surface area contributed by atoms with Gasteiger partial charge in [-0.15, -0.1) is 0 Å². The standard InChI is InChI=1S/C17H14O3/c1-3-20-17(19)11-7-8-12-13-6-4-5-10(2)15(13)16(18)14(12)9-11/h4-9H,3H2,1-2H3. The molecule has 0 N–H and O–H groups in total. The van der Waals surface area contributed by atoms with Crippen LogP contribution >= 0.6 is 0 Å². The topological polar surface area (TPSA) is 43.4 Å². The lowest BCUT2D eigenvalue weighted by Gasteiger charge is -2.04. The number of fused-ring (bicyclic) bond motifs is 3. The molecule has 3 rings (SSSR count). The number of carbonyl (C=O) groups is 2. The van der Waals surface area contributed by atoms with Crippen LogP contribution in [0.25, 0.3) is 11.1 Å². The molecular formula is C17H14O3. The Bertz CT molecular complexity index is 729. The molecular weight excluding hydrogens is 252 g/mol. The molecule has 2 aromatic rings. The Hall–Kier alpha value is -2.42. The predicted octanol–water partition coefficient (Wildman–Crippen LogP) is 3.38. The summed E-state index contributed by atoms with van der Waals surface area (Å²) < 4.78 is 4.97. The van der Waals surface area contributed by atoms with Crippen LogP contribution < -0.4 is 0 Å². The highest BCUT2D eigenvalue weighted by atomic mass is 16.5. The van der Waals surface area contributed by atoms with Crippen molar-refractivity contribution in [3.63, 3.8) is 0 Å². The van der Waals surface area contributed by atoms with E-state index in [9.17, 15) is 9.59 Å². The van der Waals surface area contributed by atoms with E-state index in [1.165, 1.54) is 0 Å². The Labute approximate surface area is 117 Å². The maximum Gasteiger partial charge on any atom is 0.338 e. The van der Waals surface area contributed by atoms with E-state index in [1.54, 1.807) is 19.1 Å². The molecule has 0 unspecified atom stereocenters. The van der Waals surface area contributed by atoms with Crippen molar-refractivity contribution >= 4 is 11.8 Å². The minimum absolute atomic E-state index is 0.0146. The zero-order valence-electron chi connectivity index (χ0n) is 11.4. The number of benzene rings is 2. The van der Waals surface area contributed by atoms with Gasteiger partial charge in [-0.25, -0.2) is 4.79 Å². The normalized spacial score (nSPS) is 12.0. The van der Waals surface area contributed by atoms with Crippen LogP contribution in [0.15, 0.2) is 36.4 Å². The minimum Gasteiger partial charge on any atom is -0.462 e. The highest BCUT2D eigenvalue weighted by Crippen LogP contribution is 2.38. The van der Waals surface area contributed by atoms with Crippen molar-refractivity contribution in [1.82, 2.24) is 0 Å². The van der Waals surface area contributed by atoms with Gasteiger partial charge in [-0.2, -0.15) is 0 Å². The van der Waals surface area contributed by atoms with Gasteiger partial charge >= 0.3 is 5.97 Å². The van der Waals surface area contributed by atoms with Crippen molar-refractivity contribution in [2.24, 2.45) is 0 Å². The van der Waals surface area contributed by atoms with Crippen molar-refractivity contribution in [3.8, 4) is 11.1 Å². The summed E-state index contributed by atoms with van der Waals surface area (Å²) >= 11 is 0. The molecule has 0 atom stereocenters. The fraction of sp³-hybridized carbons (Fsp3) is 0.176. The SMILES string of the molecule is CCOC(=O)c1ccc2c(c1)C(=O)c1c(C)cccc1-2. The smallest absolute Gasteiger partial charge is 0.338 e. The second-order valence-electron chi connectivity index (χ2n) is 4.81. The Morgan fingerprint density at radius 3 is 2.65 bits per heavy atom. The van der Waals surface area contributed by atoms with E-state index in [1.807, 2.05) is 31.2 Å². The monoisotopic (exact) mass is 266 g/mol. The molecule has 1 aliphatic carbocycles. The first-order chi connectivity index (χ1) is 9.63. The van der Waals surface area contributed by atoms with Gasteiger partial charge in [0.2, 0.25) is 0 Å². The molecule has 20 heavy (non-hydrogen) atoms. The fourth-order valence-corrected chi connectivity index (χ4v) is 2.64. The van der Waals surface area contributed by atoms with Gasteiger partial charge in [0.15, 0.2) is 5.78 Å². The maximum absolute atomic E-state index is 12.5. The third-order valence-electron chi connectivity index (χ3n) is 3.57. The average molecular weight is 266 g/mol. The summed E-state index contributed by atoms with van der Waals surface area (Å²) in [5.74, 6) is -0.407. The number of hydrogen-bond donors (Lipinski definition) is 0. The summed E-state index contributed by atoms with van der Waals surface area (Å²) in [4.78, 5) is 24.2. The zero-order chi connectivity index (χ0) is 14.3. The van der Waals surface area contributed by atoms with Crippen LogP contribution in [0.2, 0.25) is 0 Å². The van der Waals surface area contributed by atoms with Crippen LogP contribution in [0.1, 0.15) is 38.8 Å². The van der Waals surface area contributed by atoms with Crippen molar-refractivity contribution in [3.05, 3.63) is 58.7 Å². The predicted molar refractivity (Wildman–Crippen MR) is 76.0 cm³/mol. The van der Waals surface area contributed by atoms with Gasteiger partial charge in [0.1, 0.15) is 0 Å². The molecule has 0 bridgehead atoms. The van der Waals surface area contributed by atoms with Gasteiger partial charge in [-0.05, 0) is 42.7 Å². The third-order valence-corrected chi connectivity index (χ3v) is 3.57. The van der Waals surface area contributed by atoms with Crippen LogP contribution in [0.3, 0.4) is 0 Å². The van der Waals surface area contributed by atoms with Crippen LogP contribution in [0.5, 0.6) is 0 Å². The summed E-state index contributed by atoms with van der Waals surface area (Å²) in [6.45, 7) is 4.01. The number of hydrogen-bond acceptors (Lipinski definition) is 3. The summed E-state index contributed by atoms with van der Waals surface area (Å²) in [5, 5.41) is 0. The molecule has 0 spiro atoms. The Morgan fingerprint density at radius 2 is 1.90 bits per heavy atom. The zero-order valence-corrected chi connectivity index (χ0v) is 11.4. The summed E-state index contributed by atoms with van der Waals surface area (Å²) in [6.07, 6.45) is 0. The van der Waals surface area contributed by atoms with Crippen LogP contribution in [0, 0.1) is 6.92 Å². The molecule has 3 heteroatoms. The number of ketones is 1. The number of esters is 1. The maximum atomic E-state index is 12.5. The van der Waals surface area contributed by atoms with Gasteiger partial charge in [-0.1, -0.05) is 24.3 Å². The molecule has 0 saturated heterocycles. The van der Waals surface area contributed by atoms with Gasteiger partial charge in [0.05, 0.1) is 12.2 Å². The molecule has 0 aliphatic heterocycles. The first kappa shape index (κ1) is 12.6. The second-order valence-corrected chi connectivity index (χ2v) is 4.81. The quantitative estimate of drug-likeness (QED) is 0.668. The first-order valence-electron chi connectivity index (χ1n) is 6.59. The summed E-state index contributed by atoms with van der Waals surface area (Å²) in [6, 6.07) is 11.0. The Morgan fingerprint density at radius 1 is 1.10 bits per heavy atom. The Kier molecular flexibility index (Phi) is 2.90. The molecule has 3 nitrogen and oxygen atoms in total. The molecule has 0 saturated carbocycles. The third kappa shape index (κ3) is 1.74. The Balaban J connectivity index is 2.13. The highest BCUT2D eigenvalue weighted by molar-refractivity contribution is 6.23. The molecule has 1 aliphatic rings. The molecule has 100 valence electrons. The number of carbonyl (C=O) groups excluding carboxylic acids is 2. The molecule has 0 radical (unpaired) electrons. The average Bonchev–Trinajstić information content (AvgIpc) is 2.73. The molecule has 0 amide bonds. The van der Waals surface area contributed by atoms with E-state index in [4.69, 9.17) is 4.74 Å². The van der Waals surface area contributed by atoms with Gasteiger partial charge in [-0.3, -0.25) is 4.79 Å². The molecule has 0 heterocycles. The van der Waals surface area contributed by atoms with E-state index in [2.05, 4.69) is 0 Å². The number of aryl methyl sites for hydroxylation is 1. The lowest BCUT2D eigenvalue weighted by molar-refractivity contribution is 0.0526. The minimum atomic E-state index is -0.393. The van der Waals surface area contributed by atoms with Crippen LogP contribution in [0.4, 0.5) is 0 Å². The second kappa shape index (κ2) is 4.60. The summed E-state index contributed by atoms with van der Waals surface area (Å²) in [7, 11) is 0. The number of rotatable bonds is 2. The lowest BCUT2D eigenvalue weighted by Crippen LogP contribution is -2.06. The fourth-order valence-electron chi connectivity index (χ4n) is 2.64. The van der Waals surface area contributed by atoms with E-state index in [0.29, 0.717) is 17.7 Å². The molecule has 0 fully saturated rings. The largest absolute Gasteiger partial charge is 0.462 e. The van der Waals surface area contributed by atoms with Crippen molar-refractivity contribution in [2.45, 2.75) is 13.8 Å². The van der Waals surface area contributed by atoms with Crippen LogP contribution in [-0.2, 0) is 4.74 Å². The van der Waals surface area contributed by atoms with Crippen molar-refractivity contribution in [1.29, 1.82) is 0 Å². The van der Waals surface area contributed by atoms with Gasteiger partial charge in [0, 0.05) is 11.1 Å². The molecule has 0 aromatic heterocycles. The molecule has 2 aromatic carbocycles. The van der Waals surface area contributed by atoms with E-state index < -0.39 is 5.97 Å². The highest BCUT2D eigenvalue weighted by Gasteiger charge is 2.28. The number of ether oxygens (including phenoxy) is 1. The van der Waals surface area contributed by atoms with E-state index >= 15 is 0 Å². The summed E-state index contributed by atoms with van der Waals surface area (Å²) in [5.41, 5.74) is 4.54. The lowest BCUT2D eigenvalue weighted by atomic mass is 10.0. The van der Waals surface area contributed by atoms with Gasteiger partial charge in [0.25, 0.3) is 0 Å². The van der Waals surface area contributed by atoms with Crippen molar-refractivity contribution < 1.29 is 14.3 Å². The van der Waals surface area contributed by atoms with Crippen LogP contribution in [-0.4, -0.2) is 18.4 Å². The first-order valence-corrected chi connectivity index (χ1v) is 6.59. The van der Waals surface area contributed by atoms with Crippen molar-refractivity contribution in [2.75, 3.05) is 6.61 Å². The van der Waals surface area contributed by atoms with E-state index in [-0.39, 0.29) is 5.78 Å². The van der Waals surface area contributed by atoms with Gasteiger partial charge < -0.3 is 4.74 Å². The van der Waals surface area contributed by atoms with E-state index in [0.717, 1.165) is 22.3 Å².